The van der Waals surface area contributed by atoms with Crippen LogP contribution in [0.4, 0.5) is 5.00 Å². The molecule has 1 saturated heterocycles. The van der Waals surface area contributed by atoms with Gasteiger partial charge in [0.25, 0.3) is 5.91 Å². The summed E-state index contributed by atoms with van der Waals surface area (Å²) in [5, 5.41) is 0.910. The molecule has 25 heavy (non-hydrogen) atoms. The lowest BCUT2D eigenvalue weighted by molar-refractivity contribution is -0.128. The Bertz CT molecular complexity index is 909. The number of thiazole rings is 1. The summed E-state index contributed by atoms with van der Waals surface area (Å²) in [6, 6.07) is 7.46. The average Bonchev–Trinajstić information content (AvgIpc) is 3.07. The van der Waals surface area contributed by atoms with Gasteiger partial charge in [0, 0.05) is 24.7 Å². The number of nitrogen functional groups attached to an aromatic ring is 1. The number of likely N-dealkylation sites (tertiary alicyclic amines) is 1. The van der Waals surface area contributed by atoms with Crippen molar-refractivity contribution in [3.63, 3.8) is 0 Å². The molecule has 1 aromatic carbocycles. The van der Waals surface area contributed by atoms with Crippen LogP contribution in [0, 0.1) is 23.7 Å². The third kappa shape index (κ3) is 3.35. The molecule has 2 atom stereocenters. The van der Waals surface area contributed by atoms with Crippen molar-refractivity contribution < 1.29 is 9.59 Å². The van der Waals surface area contributed by atoms with Gasteiger partial charge in [-0.25, -0.2) is 4.98 Å². The van der Waals surface area contributed by atoms with Gasteiger partial charge in [-0.2, -0.15) is 0 Å². The molecule has 3 rings (SSSR count). The van der Waals surface area contributed by atoms with Crippen LogP contribution in [0.5, 0.6) is 0 Å². The molecule has 1 aliphatic rings. The van der Waals surface area contributed by atoms with Crippen LogP contribution >= 0.6 is 11.3 Å². The van der Waals surface area contributed by atoms with Crippen LogP contribution in [0.2, 0.25) is 0 Å². The Hall–Kier alpha value is -2.85. The second-order valence-corrected chi connectivity index (χ2v) is 7.15. The monoisotopic (exact) mass is 354 g/mol. The molecule has 2 heterocycles. The van der Waals surface area contributed by atoms with E-state index in [0.717, 1.165) is 17.7 Å². The number of amides is 2. The molecule has 0 spiro atoms. The maximum absolute atomic E-state index is 12.1. The molecule has 0 aliphatic carbocycles. The van der Waals surface area contributed by atoms with E-state index in [0.29, 0.717) is 10.0 Å². The van der Waals surface area contributed by atoms with E-state index in [1.165, 1.54) is 11.3 Å². The van der Waals surface area contributed by atoms with Crippen molar-refractivity contribution in [2.75, 3.05) is 19.3 Å². The topological polar surface area (TPSA) is 102 Å². The molecule has 1 aromatic heterocycles. The molecule has 1 fully saturated rings. The van der Waals surface area contributed by atoms with Crippen molar-refractivity contribution in [1.29, 1.82) is 0 Å². The molecule has 0 radical (unpaired) electrons. The highest BCUT2D eigenvalue weighted by atomic mass is 32.1. The highest BCUT2D eigenvalue weighted by Gasteiger charge is 2.34. The minimum Gasteiger partial charge on any atom is -0.389 e. The summed E-state index contributed by atoms with van der Waals surface area (Å²) in [5.74, 6) is 5.52. The molecule has 2 amide bonds. The lowest BCUT2D eigenvalue weighted by Crippen LogP contribution is -2.21. The van der Waals surface area contributed by atoms with Crippen molar-refractivity contribution >= 4 is 28.2 Å². The van der Waals surface area contributed by atoms with Gasteiger partial charge in [-0.05, 0) is 18.1 Å². The van der Waals surface area contributed by atoms with E-state index >= 15 is 0 Å². The SMILES string of the molecule is C[C@@H]1CN(C)C(=O)C1C#Cc1cccc(-c2nc(C(N)=O)c(N)s2)c1. The van der Waals surface area contributed by atoms with Gasteiger partial charge in [-0.3, -0.25) is 9.59 Å². The summed E-state index contributed by atoms with van der Waals surface area (Å²) < 4.78 is 0. The number of aromatic nitrogens is 1. The van der Waals surface area contributed by atoms with Crippen LogP contribution in [0.25, 0.3) is 10.6 Å². The first-order chi connectivity index (χ1) is 11.9. The normalized spacial score (nSPS) is 19.6. The van der Waals surface area contributed by atoms with Gasteiger partial charge in [0.1, 0.15) is 15.9 Å². The molecule has 0 saturated carbocycles. The van der Waals surface area contributed by atoms with E-state index in [2.05, 4.69) is 16.8 Å². The quantitative estimate of drug-likeness (QED) is 0.799. The van der Waals surface area contributed by atoms with E-state index in [9.17, 15) is 9.59 Å². The Balaban J connectivity index is 1.88. The fourth-order valence-electron chi connectivity index (χ4n) is 2.84. The summed E-state index contributed by atoms with van der Waals surface area (Å²) >= 11 is 1.21. The highest BCUT2D eigenvalue weighted by Crippen LogP contribution is 2.30. The number of benzene rings is 1. The average molecular weight is 354 g/mol. The first-order valence-electron chi connectivity index (χ1n) is 7.80. The van der Waals surface area contributed by atoms with Crippen LogP contribution in [-0.4, -0.2) is 35.3 Å². The lowest BCUT2D eigenvalue weighted by atomic mass is 9.98. The molecular formula is C18H18N4O2S. The Kier molecular flexibility index (Phi) is 4.47. The maximum Gasteiger partial charge on any atom is 0.270 e. The molecule has 7 heteroatoms. The van der Waals surface area contributed by atoms with Gasteiger partial charge < -0.3 is 16.4 Å². The zero-order valence-corrected chi connectivity index (χ0v) is 14.8. The van der Waals surface area contributed by atoms with E-state index in [4.69, 9.17) is 11.5 Å². The fourth-order valence-corrected chi connectivity index (χ4v) is 3.67. The van der Waals surface area contributed by atoms with Crippen molar-refractivity contribution in [2.24, 2.45) is 17.6 Å². The Labute approximate surface area is 149 Å². The number of carbonyl (C=O) groups is 2. The van der Waals surface area contributed by atoms with Gasteiger partial charge in [0.15, 0.2) is 5.69 Å². The van der Waals surface area contributed by atoms with E-state index in [-0.39, 0.29) is 23.4 Å². The summed E-state index contributed by atoms with van der Waals surface area (Å²) in [5.41, 5.74) is 12.7. The third-order valence-electron chi connectivity index (χ3n) is 4.14. The van der Waals surface area contributed by atoms with Crippen molar-refractivity contribution in [2.45, 2.75) is 6.92 Å². The van der Waals surface area contributed by atoms with Gasteiger partial charge in [-0.15, -0.1) is 0 Å². The predicted molar refractivity (Wildman–Crippen MR) is 97.6 cm³/mol. The second kappa shape index (κ2) is 6.57. The van der Waals surface area contributed by atoms with Crippen LogP contribution in [0.3, 0.4) is 0 Å². The molecule has 0 bridgehead atoms. The number of rotatable bonds is 2. The van der Waals surface area contributed by atoms with Crippen molar-refractivity contribution in [1.82, 2.24) is 9.88 Å². The Morgan fingerprint density at radius 2 is 2.20 bits per heavy atom. The standard InChI is InChI=1S/C18H18N4O2S/c1-10-9-22(2)18(24)13(10)7-6-11-4-3-5-12(8-11)17-21-14(15(19)23)16(20)25-17/h3-5,8,10,13H,9,20H2,1-2H3,(H2,19,23)/t10-,13?/m1/s1. The number of nitrogens with zero attached hydrogens (tertiary/aromatic N) is 2. The van der Waals surface area contributed by atoms with E-state index in [1.54, 1.807) is 11.9 Å². The molecular weight excluding hydrogens is 336 g/mol. The van der Waals surface area contributed by atoms with Gasteiger partial charge in [0.2, 0.25) is 5.91 Å². The van der Waals surface area contributed by atoms with Gasteiger partial charge in [-0.1, -0.05) is 42.2 Å². The molecule has 6 nitrogen and oxygen atoms in total. The largest absolute Gasteiger partial charge is 0.389 e. The summed E-state index contributed by atoms with van der Waals surface area (Å²) in [6.07, 6.45) is 0. The van der Waals surface area contributed by atoms with Crippen LogP contribution in [0.1, 0.15) is 23.0 Å². The molecule has 1 unspecified atom stereocenters. The number of anilines is 1. The first kappa shape index (κ1) is 17.0. The smallest absolute Gasteiger partial charge is 0.270 e. The Morgan fingerprint density at radius 3 is 2.80 bits per heavy atom. The number of nitrogens with two attached hydrogens (primary N) is 2. The predicted octanol–water partition coefficient (Wildman–Crippen LogP) is 1.57. The number of hydrogen-bond acceptors (Lipinski definition) is 5. The van der Waals surface area contributed by atoms with Crippen LogP contribution in [0.15, 0.2) is 24.3 Å². The maximum atomic E-state index is 12.1. The Morgan fingerprint density at radius 1 is 1.44 bits per heavy atom. The van der Waals surface area contributed by atoms with Gasteiger partial charge in [0.05, 0.1) is 0 Å². The molecule has 2 aromatic rings. The third-order valence-corrected chi connectivity index (χ3v) is 5.08. The summed E-state index contributed by atoms with van der Waals surface area (Å²) in [6.45, 7) is 2.76. The molecule has 128 valence electrons. The minimum atomic E-state index is -0.645. The highest BCUT2D eigenvalue weighted by molar-refractivity contribution is 7.19. The van der Waals surface area contributed by atoms with Crippen LogP contribution in [-0.2, 0) is 4.79 Å². The van der Waals surface area contributed by atoms with Crippen molar-refractivity contribution in [3.05, 3.63) is 35.5 Å². The van der Waals surface area contributed by atoms with E-state index < -0.39 is 5.91 Å². The second-order valence-electron chi connectivity index (χ2n) is 6.12. The van der Waals surface area contributed by atoms with Crippen molar-refractivity contribution in [3.8, 4) is 22.4 Å². The van der Waals surface area contributed by atoms with Crippen LogP contribution < -0.4 is 11.5 Å². The number of primary amides is 1. The molecule has 1 aliphatic heterocycles. The number of carbonyl (C=O) groups excluding carboxylic acids is 2. The minimum absolute atomic E-state index is 0.0648. The first-order valence-corrected chi connectivity index (χ1v) is 8.61. The number of hydrogen-bond donors (Lipinski definition) is 2. The lowest BCUT2D eigenvalue weighted by Gasteiger charge is -2.05. The van der Waals surface area contributed by atoms with Gasteiger partial charge >= 0.3 is 0 Å². The summed E-state index contributed by atoms with van der Waals surface area (Å²) in [4.78, 5) is 29.3. The fraction of sp³-hybridized carbons (Fsp3) is 0.278. The molecule has 4 N–H and O–H groups in total. The zero-order valence-electron chi connectivity index (χ0n) is 13.9. The van der Waals surface area contributed by atoms with E-state index in [1.807, 2.05) is 31.2 Å². The summed E-state index contributed by atoms with van der Waals surface area (Å²) in [7, 11) is 1.80. The zero-order chi connectivity index (χ0) is 18.1.